The number of nitrogens with zero attached hydrogens (tertiary/aromatic N) is 1. The molecule has 0 spiro atoms. The highest BCUT2D eigenvalue weighted by Crippen LogP contribution is 2.26. The number of hydrogen-bond acceptors (Lipinski definition) is 4. The number of rotatable bonds is 2. The van der Waals surface area contributed by atoms with Gasteiger partial charge in [-0.2, -0.15) is 0 Å². The van der Waals surface area contributed by atoms with E-state index < -0.39 is 15.8 Å². The molecule has 1 aromatic rings. The van der Waals surface area contributed by atoms with Crippen LogP contribution in [0.1, 0.15) is 10.4 Å². The molecule has 0 amide bonds. The normalized spacial score (nSPS) is 18.6. The number of carbonyl (C=O) groups is 1. The molecule has 0 aliphatic carbocycles. The van der Waals surface area contributed by atoms with E-state index >= 15 is 0 Å². The highest BCUT2D eigenvalue weighted by Gasteiger charge is 2.24. The average Bonchev–Trinajstić information content (AvgIpc) is 2.28. The number of carboxylic acids is 1. The lowest BCUT2D eigenvalue weighted by Gasteiger charge is -2.29. The van der Waals surface area contributed by atoms with Crippen LogP contribution < -0.4 is 4.90 Å². The molecule has 0 unspecified atom stereocenters. The maximum Gasteiger partial charge on any atom is 0.337 e. The monoisotopic (exact) mass is 333 g/mol. The summed E-state index contributed by atoms with van der Waals surface area (Å²) in [5, 5.41) is 9.13. The largest absolute Gasteiger partial charge is 0.478 e. The van der Waals surface area contributed by atoms with E-state index in [4.69, 9.17) is 5.11 Å². The fraction of sp³-hybridized carbons (Fsp3) is 0.364. The van der Waals surface area contributed by atoms with E-state index in [-0.39, 0.29) is 17.1 Å². The smallest absolute Gasteiger partial charge is 0.337 e. The predicted octanol–water partition coefficient (Wildman–Crippen LogP) is 1.38. The van der Waals surface area contributed by atoms with E-state index in [1.54, 1.807) is 17.0 Å². The molecule has 1 heterocycles. The minimum atomic E-state index is -2.97. The fourth-order valence-corrected chi connectivity index (χ4v) is 3.45. The third-order valence-electron chi connectivity index (χ3n) is 2.88. The Morgan fingerprint density at radius 2 is 1.89 bits per heavy atom. The Morgan fingerprint density at radius 3 is 2.44 bits per heavy atom. The molecular formula is C11H12BrNO4S. The Hall–Kier alpha value is -1.08. The Bertz CT molecular complexity index is 571. The zero-order valence-electron chi connectivity index (χ0n) is 9.47. The third kappa shape index (κ3) is 2.84. The Labute approximate surface area is 113 Å². The molecule has 1 aliphatic heterocycles. The summed E-state index contributed by atoms with van der Waals surface area (Å²) in [5.74, 6) is -0.872. The van der Waals surface area contributed by atoms with E-state index in [9.17, 15) is 13.2 Å². The molecule has 0 aromatic heterocycles. The summed E-state index contributed by atoms with van der Waals surface area (Å²) in [4.78, 5) is 12.9. The Balaban J connectivity index is 2.33. The molecule has 0 radical (unpaired) electrons. The number of sulfone groups is 1. The van der Waals surface area contributed by atoms with Gasteiger partial charge in [-0.3, -0.25) is 0 Å². The lowest BCUT2D eigenvalue weighted by molar-refractivity contribution is 0.0697. The van der Waals surface area contributed by atoms with Crippen molar-refractivity contribution in [3.8, 4) is 0 Å². The minimum absolute atomic E-state index is 0.0680. The first-order chi connectivity index (χ1) is 8.39. The highest BCUT2D eigenvalue weighted by molar-refractivity contribution is 9.10. The summed E-state index contributed by atoms with van der Waals surface area (Å²) >= 11 is 3.30. The van der Waals surface area contributed by atoms with Crippen LogP contribution in [0, 0.1) is 0 Å². The van der Waals surface area contributed by atoms with Crippen molar-refractivity contribution in [2.24, 2.45) is 0 Å². The number of carboxylic acid groups (broad SMARTS) is 1. The van der Waals surface area contributed by atoms with Crippen LogP contribution in [0.4, 0.5) is 5.69 Å². The molecule has 1 N–H and O–H groups in total. The first-order valence-corrected chi connectivity index (χ1v) is 7.99. The van der Waals surface area contributed by atoms with E-state index in [2.05, 4.69) is 15.9 Å². The zero-order valence-corrected chi connectivity index (χ0v) is 11.9. The van der Waals surface area contributed by atoms with Gasteiger partial charge in [0.25, 0.3) is 0 Å². The van der Waals surface area contributed by atoms with Gasteiger partial charge in [0, 0.05) is 17.6 Å². The van der Waals surface area contributed by atoms with E-state index in [0.717, 1.165) is 4.47 Å². The molecule has 1 saturated heterocycles. The molecule has 5 nitrogen and oxygen atoms in total. The first kappa shape index (κ1) is 13.4. The summed E-state index contributed by atoms with van der Waals surface area (Å²) in [5.41, 5.74) is 0.754. The maximum atomic E-state index is 11.4. The Kier molecular flexibility index (Phi) is 3.63. The van der Waals surface area contributed by atoms with Gasteiger partial charge in [-0.1, -0.05) is 15.9 Å². The zero-order chi connectivity index (χ0) is 13.3. The standard InChI is InChI=1S/C11H12BrNO4S/c12-8-1-2-9(11(14)15)10(7-8)13-3-5-18(16,17)6-4-13/h1-2,7H,3-6H2,(H,14,15). The van der Waals surface area contributed by atoms with Gasteiger partial charge < -0.3 is 10.0 Å². The molecule has 0 saturated carbocycles. The molecule has 98 valence electrons. The van der Waals surface area contributed by atoms with Crippen molar-refractivity contribution in [1.82, 2.24) is 0 Å². The summed E-state index contributed by atoms with van der Waals surface area (Å²) in [6.07, 6.45) is 0. The minimum Gasteiger partial charge on any atom is -0.478 e. The lowest BCUT2D eigenvalue weighted by Crippen LogP contribution is -2.40. The Morgan fingerprint density at radius 1 is 1.28 bits per heavy atom. The summed E-state index contributed by atoms with van der Waals surface area (Å²) < 4.78 is 23.5. The third-order valence-corrected chi connectivity index (χ3v) is 4.98. The molecule has 0 atom stereocenters. The number of hydrogen-bond donors (Lipinski definition) is 1. The first-order valence-electron chi connectivity index (χ1n) is 5.37. The molecule has 2 rings (SSSR count). The van der Waals surface area contributed by atoms with Crippen LogP contribution in [-0.2, 0) is 9.84 Å². The SMILES string of the molecule is O=C(O)c1ccc(Br)cc1N1CCS(=O)(=O)CC1. The topological polar surface area (TPSA) is 74.7 Å². The van der Waals surface area contributed by atoms with Gasteiger partial charge in [-0.05, 0) is 18.2 Å². The number of aromatic carboxylic acids is 1. The van der Waals surface area contributed by atoms with Gasteiger partial charge >= 0.3 is 5.97 Å². The summed E-state index contributed by atoms with van der Waals surface area (Å²) in [7, 11) is -2.97. The van der Waals surface area contributed by atoms with Crippen LogP contribution in [0.15, 0.2) is 22.7 Å². The van der Waals surface area contributed by atoms with Crippen LogP contribution in [0.5, 0.6) is 0 Å². The highest BCUT2D eigenvalue weighted by atomic mass is 79.9. The number of halogens is 1. The molecule has 7 heteroatoms. The van der Waals surface area contributed by atoms with Gasteiger partial charge in [-0.25, -0.2) is 13.2 Å². The fourth-order valence-electron chi connectivity index (χ4n) is 1.90. The second kappa shape index (κ2) is 4.89. The molecule has 1 fully saturated rings. The average molecular weight is 334 g/mol. The molecule has 0 bridgehead atoms. The van der Waals surface area contributed by atoms with Crippen molar-refractivity contribution in [2.75, 3.05) is 29.5 Å². The van der Waals surface area contributed by atoms with Gasteiger partial charge in [0.2, 0.25) is 0 Å². The number of benzene rings is 1. The van der Waals surface area contributed by atoms with Gasteiger partial charge in [-0.15, -0.1) is 0 Å². The quantitative estimate of drug-likeness (QED) is 0.884. The van der Waals surface area contributed by atoms with Crippen LogP contribution in [0.3, 0.4) is 0 Å². The second-order valence-electron chi connectivity index (χ2n) is 4.11. The van der Waals surface area contributed by atoms with E-state index in [1.807, 2.05) is 0 Å². The van der Waals surface area contributed by atoms with Crippen LogP contribution in [0.2, 0.25) is 0 Å². The maximum absolute atomic E-state index is 11.4. The van der Waals surface area contributed by atoms with E-state index in [0.29, 0.717) is 18.8 Å². The van der Waals surface area contributed by atoms with Crippen molar-refractivity contribution < 1.29 is 18.3 Å². The molecule has 18 heavy (non-hydrogen) atoms. The van der Waals surface area contributed by atoms with Crippen molar-refractivity contribution in [3.63, 3.8) is 0 Å². The van der Waals surface area contributed by atoms with Gasteiger partial charge in [0.1, 0.15) is 0 Å². The summed E-state index contributed by atoms with van der Waals surface area (Å²) in [6, 6.07) is 4.89. The second-order valence-corrected chi connectivity index (χ2v) is 7.32. The number of anilines is 1. The molecular weight excluding hydrogens is 322 g/mol. The predicted molar refractivity (Wildman–Crippen MR) is 72.0 cm³/mol. The molecule has 1 aromatic carbocycles. The van der Waals surface area contributed by atoms with Crippen molar-refractivity contribution >= 4 is 37.4 Å². The van der Waals surface area contributed by atoms with Crippen molar-refractivity contribution in [1.29, 1.82) is 0 Å². The lowest BCUT2D eigenvalue weighted by atomic mass is 10.1. The molecule has 1 aliphatic rings. The van der Waals surface area contributed by atoms with Crippen LogP contribution >= 0.6 is 15.9 Å². The van der Waals surface area contributed by atoms with Crippen LogP contribution in [-0.4, -0.2) is 44.1 Å². The van der Waals surface area contributed by atoms with Gasteiger partial charge in [0.15, 0.2) is 9.84 Å². The van der Waals surface area contributed by atoms with Crippen LogP contribution in [0.25, 0.3) is 0 Å². The van der Waals surface area contributed by atoms with E-state index in [1.165, 1.54) is 6.07 Å². The van der Waals surface area contributed by atoms with Gasteiger partial charge in [0.05, 0.1) is 22.8 Å². The van der Waals surface area contributed by atoms with Crippen molar-refractivity contribution in [2.45, 2.75) is 0 Å². The van der Waals surface area contributed by atoms with Crippen molar-refractivity contribution in [3.05, 3.63) is 28.2 Å². The summed E-state index contributed by atoms with van der Waals surface area (Å²) in [6.45, 7) is 0.665.